The van der Waals surface area contributed by atoms with Crippen LogP contribution in [-0.2, 0) is 6.54 Å². The van der Waals surface area contributed by atoms with Crippen molar-refractivity contribution in [2.24, 2.45) is 0 Å². The smallest absolute Gasteiger partial charge is 0.141 e. The van der Waals surface area contributed by atoms with E-state index in [1.165, 1.54) is 0 Å². The van der Waals surface area contributed by atoms with Gasteiger partial charge in [0, 0.05) is 15.6 Å². The van der Waals surface area contributed by atoms with E-state index in [1.54, 1.807) is 0 Å². The average Bonchev–Trinajstić information content (AvgIpc) is 2.96. The van der Waals surface area contributed by atoms with E-state index in [9.17, 15) is 0 Å². The van der Waals surface area contributed by atoms with Crippen molar-refractivity contribution in [3.8, 4) is 11.4 Å². The van der Waals surface area contributed by atoms with Crippen LogP contribution in [0.25, 0.3) is 22.4 Å². The fourth-order valence-electron chi connectivity index (χ4n) is 2.88. The van der Waals surface area contributed by atoms with Crippen LogP contribution < -0.4 is 0 Å². The number of rotatable bonds is 3. The molecule has 4 aromatic rings. The summed E-state index contributed by atoms with van der Waals surface area (Å²) in [6.07, 6.45) is 0. The van der Waals surface area contributed by atoms with E-state index < -0.39 is 0 Å². The zero-order valence-electron chi connectivity index (χ0n) is 12.8. The summed E-state index contributed by atoms with van der Waals surface area (Å²) < 4.78 is 2.18. The number of fused-ring (bicyclic) bond motifs is 1. The number of imidazole rings is 1. The first-order valence-electron chi connectivity index (χ1n) is 7.67. The third-order valence-corrected chi connectivity index (χ3v) is 4.63. The van der Waals surface area contributed by atoms with Gasteiger partial charge in [-0.3, -0.25) is 0 Å². The van der Waals surface area contributed by atoms with E-state index in [4.69, 9.17) is 28.2 Å². The number of benzene rings is 3. The first-order valence-corrected chi connectivity index (χ1v) is 8.42. The van der Waals surface area contributed by atoms with Crippen LogP contribution in [0, 0.1) is 0 Å². The van der Waals surface area contributed by atoms with Gasteiger partial charge in [0.05, 0.1) is 17.6 Å². The van der Waals surface area contributed by atoms with Gasteiger partial charge < -0.3 is 4.57 Å². The highest BCUT2D eigenvalue weighted by Crippen LogP contribution is 2.28. The molecule has 2 nitrogen and oxygen atoms in total. The van der Waals surface area contributed by atoms with Crippen molar-refractivity contribution < 1.29 is 0 Å². The lowest BCUT2D eigenvalue weighted by Gasteiger charge is -2.11. The normalized spacial score (nSPS) is 11.1. The van der Waals surface area contributed by atoms with E-state index in [-0.39, 0.29) is 0 Å². The third-order valence-electron chi connectivity index (χ3n) is 4.02. The molecule has 4 rings (SSSR count). The molecule has 4 heteroatoms. The summed E-state index contributed by atoms with van der Waals surface area (Å²) in [4.78, 5) is 4.81. The minimum absolute atomic E-state index is 0.655. The van der Waals surface area contributed by atoms with Gasteiger partial charge in [0.25, 0.3) is 0 Å². The maximum atomic E-state index is 6.36. The van der Waals surface area contributed by atoms with Crippen LogP contribution in [0.3, 0.4) is 0 Å². The van der Waals surface area contributed by atoms with Crippen LogP contribution in [0.2, 0.25) is 10.0 Å². The summed E-state index contributed by atoms with van der Waals surface area (Å²) in [6.45, 7) is 0.655. The van der Waals surface area contributed by atoms with Crippen molar-refractivity contribution in [3.05, 3.63) is 88.4 Å². The quantitative estimate of drug-likeness (QED) is 0.438. The lowest BCUT2D eigenvalue weighted by molar-refractivity contribution is 0.834. The van der Waals surface area contributed by atoms with Crippen molar-refractivity contribution in [1.82, 2.24) is 9.55 Å². The van der Waals surface area contributed by atoms with E-state index in [0.29, 0.717) is 11.6 Å². The number of aromatic nitrogens is 2. The van der Waals surface area contributed by atoms with Crippen LogP contribution in [0.15, 0.2) is 72.8 Å². The topological polar surface area (TPSA) is 17.8 Å². The summed E-state index contributed by atoms with van der Waals surface area (Å²) in [5, 5.41) is 1.45. The molecule has 1 aromatic heterocycles. The molecule has 24 heavy (non-hydrogen) atoms. The molecule has 0 bridgehead atoms. The van der Waals surface area contributed by atoms with Gasteiger partial charge in [-0.2, -0.15) is 0 Å². The lowest BCUT2D eigenvalue weighted by Crippen LogP contribution is -2.02. The van der Waals surface area contributed by atoms with E-state index in [1.807, 2.05) is 66.7 Å². The van der Waals surface area contributed by atoms with Gasteiger partial charge in [0.2, 0.25) is 0 Å². The fraction of sp³-hybridized carbons (Fsp3) is 0.0500. The van der Waals surface area contributed by atoms with Crippen molar-refractivity contribution in [3.63, 3.8) is 0 Å². The fourth-order valence-corrected chi connectivity index (χ4v) is 3.27. The molecule has 0 spiro atoms. The monoisotopic (exact) mass is 352 g/mol. The molecular weight excluding hydrogens is 339 g/mol. The molecule has 0 saturated carbocycles. The lowest BCUT2D eigenvalue weighted by atomic mass is 10.2. The molecule has 118 valence electrons. The third kappa shape index (κ3) is 2.79. The molecule has 0 fully saturated rings. The van der Waals surface area contributed by atoms with Crippen molar-refractivity contribution >= 4 is 34.2 Å². The predicted octanol–water partition coefficient (Wildman–Crippen LogP) is 6.06. The summed E-state index contributed by atoms with van der Waals surface area (Å²) >= 11 is 12.5. The highest BCUT2D eigenvalue weighted by Gasteiger charge is 2.14. The molecule has 1 heterocycles. The van der Waals surface area contributed by atoms with Gasteiger partial charge in [0.15, 0.2) is 0 Å². The SMILES string of the molecule is Clc1cccc(-c2nc3ccccc3n2Cc2ccccc2Cl)c1. The molecule has 0 aliphatic heterocycles. The maximum Gasteiger partial charge on any atom is 0.141 e. The summed E-state index contributed by atoms with van der Waals surface area (Å²) in [6, 6.07) is 23.8. The number of hydrogen-bond donors (Lipinski definition) is 0. The Kier molecular flexibility index (Phi) is 4.01. The van der Waals surface area contributed by atoms with Crippen molar-refractivity contribution in [1.29, 1.82) is 0 Å². The van der Waals surface area contributed by atoms with Gasteiger partial charge in [-0.15, -0.1) is 0 Å². The predicted molar refractivity (Wildman–Crippen MR) is 101 cm³/mol. The van der Waals surface area contributed by atoms with Crippen molar-refractivity contribution in [2.45, 2.75) is 6.54 Å². The van der Waals surface area contributed by atoms with E-state index >= 15 is 0 Å². The second-order valence-corrected chi connectivity index (χ2v) is 6.46. The Balaban J connectivity index is 1.92. The molecule has 0 saturated heterocycles. The number of halogens is 2. The van der Waals surface area contributed by atoms with Crippen LogP contribution in [0.1, 0.15) is 5.56 Å². The molecule has 0 amide bonds. The summed E-state index contributed by atoms with van der Waals surface area (Å²) in [5.41, 5.74) is 4.09. The second kappa shape index (κ2) is 6.31. The standard InChI is InChI=1S/C20H14Cl2N2/c21-16-8-5-7-14(12-16)20-23-18-10-3-4-11-19(18)24(20)13-15-6-1-2-9-17(15)22/h1-12H,13H2. The Morgan fingerprint density at radius 2 is 1.62 bits per heavy atom. The molecule has 0 aliphatic carbocycles. The first-order chi connectivity index (χ1) is 11.7. The molecule has 0 radical (unpaired) electrons. The summed E-state index contributed by atoms with van der Waals surface area (Å²) in [7, 11) is 0. The Morgan fingerprint density at radius 3 is 2.46 bits per heavy atom. The molecule has 0 atom stereocenters. The Hall–Kier alpha value is -2.29. The van der Waals surface area contributed by atoms with Crippen LogP contribution in [0.5, 0.6) is 0 Å². The van der Waals surface area contributed by atoms with Gasteiger partial charge in [-0.25, -0.2) is 4.98 Å². The number of nitrogens with zero attached hydrogens (tertiary/aromatic N) is 2. The largest absolute Gasteiger partial charge is 0.319 e. The van der Waals surface area contributed by atoms with E-state index in [0.717, 1.165) is 33.0 Å². The Bertz CT molecular complexity index is 1020. The van der Waals surface area contributed by atoms with Gasteiger partial charge in [-0.05, 0) is 35.9 Å². The molecular formula is C20H14Cl2N2. The summed E-state index contributed by atoms with van der Waals surface area (Å²) in [5.74, 6) is 0.888. The first kappa shape index (κ1) is 15.3. The zero-order valence-corrected chi connectivity index (χ0v) is 14.3. The molecule has 3 aromatic carbocycles. The minimum atomic E-state index is 0.655. The minimum Gasteiger partial charge on any atom is -0.319 e. The highest BCUT2D eigenvalue weighted by molar-refractivity contribution is 6.31. The number of para-hydroxylation sites is 2. The van der Waals surface area contributed by atoms with E-state index in [2.05, 4.69) is 10.6 Å². The van der Waals surface area contributed by atoms with Gasteiger partial charge >= 0.3 is 0 Å². The molecule has 0 N–H and O–H groups in total. The molecule has 0 unspecified atom stereocenters. The zero-order chi connectivity index (χ0) is 16.5. The van der Waals surface area contributed by atoms with Crippen LogP contribution in [0.4, 0.5) is 0 Å². The average molecular weight is 353 g/mol. The molecule has 0 aliphatic rings. The second-order valence-electron chi connectivity index (χ2n) is 5.61. The van der Waals surface area contributed by atoms with Crippen LogP contribution in [-0.4, -0.2) is 9.55 Å². The van der Waals surface area contributed by atoms with Gasteiger partial charge in [-0.1, -0.05) is 65.7 Å². The van der Waals surface area contributed by atoms with Crippen molar-refractivity contribution in [2.75, 3.05) is 0 Å². The van der Waals surface area contributed by atoms with Crippen LogP contribution >= 0.6 is 23.2 Å². The Morgan fingerprint density at radius 1 is 0.833 bits per heavy atom. The Labute approximate surface area is 150 Å². The number of hydrogen-bond acceptors (Lipinski definition) is 1. The maximum absolute atomic E-state index is 6.36. The van der Waals surface area contributed by atoms with Gasteiger partial charge in [0.1, 0.15) is 5.82 Å². The highest BCUT2D eigenvalue weighted by atomic mass is 35.5.